The molecule has 0 aliphatic heterocycles. The van der Waals surface area contributed by atoms with Crippen molar-refractivity contribution in [2.75, 3.05) is 4.90 Å². The molecule has 0 amide bonds. The summed E-state index contributed by atoms with van der Waals surface area (Å²) in [5.41, 5.74) is 1.27. The van der Waals surface area contributed by atoms with E-state index in [1.165, 1.54) is 6.07 Å². The van der Waals surface area contributed by atoms with Crippen molar-refractivity contribution in [2.45, 2.75) is 13.1 Å². The molecule has 122 valence electrons. The number of nitrogens with zero attached hydrogens (tertiary/aromatic N) is 4. The third kappa shape index (κ3) is 4.11. The minimum Gasteiger partial charge on any atom is -0.330 e. The molecule has 2 heterocycles. The zero-order valence-corrected chi connectivity index (χ0v) is 14.1. The third-order valence-corrected chi connectivity index (χ3v) is 3.84. The van der Waals surface area contributed by atoms with E-state index < -0.39 is 5.82 Å². The van der Waals surface area contributed by atoms with Crippen LogP contribution >= 0.6 is 15.9 Å². The molecule has 0 spiro atoms. The number of aromatic nitrogens is 3. The fourth-order valence-corrected chi connectivity index (χ4v) is 2.54. The Morgan fingerprint density at radius 3 is 2.42 bits per heavy atom. The van der Waals surface area contributed by atoms with Gasteiger partial charge in [-0.25, -0.2) is 18.7 Å². The van der Waals surface area contributed by atoms with Crippen LogP contribution < -0.4 is 4.90 Å². The molecule has 3 aromatic rings. The summed E-state index contributed by atoms with van der Waals surface area (Å²) in [5.74, 6) is -0.548. The number of benzene rings is 1. The smallest absolute Gasteiger partial charge is 0.226 e. The second kappa shape index (κ2) is 7.44. The zero-order valence-electron chi connectivity index (χ0n) is 12.5. The standard InChI is InChI=1S/C17H13BrF2N4/c18-13-5-4-12(16(20)7-13)10-24(11-15-3-1-2-6-21-15)17-22-8-14(19)9-23-17/h1-9H,10-11H2. The van der Waals surface area contributed by atoms with Crippen LogP contribution in [0.15, 0.2) is 59.5 Å². The van der Waals surface area contributed by atoms with Crippen molar-refractivity contribution >= 4 is 21.9 Å². The Hall–Kier alpha value is -2.41. The summed E-state index contributed by atoms with van der Waals surface area (Å²) in [7, 11) is 0. The van der Waals surface area contributed by atoms with Crippen molar-refractivity contribution in [3.8, 4) is 0 Å². The first kappa shape index (κ1) is 16.4. The van der Waals surface area contributed by atoms with Crippen molar-refractivity contribution < 1.29 is 8.78 Å². The molecule has 0 aliphatic carbocycles. The highest BCUT2D eigenvalue weighted by atomic mass is 79.9. The van der Waals surface area contributed by atoms with Crippen molar-refractivity contribution in [3.05, 3.63) is 82.4 Å². The van der Waals surface area contributed by atoms with Crippen molar-refractivity contribution in [1.82, 2.24) is 15.0 Å². The molecular weight excluding hydrogens is 378 g/mol. The van der Waals surface area contributed by atoms with Crippen LogP contribution in [0.1, 0.15) is 11.3 Å². The van der Waals surface area contributed by atoms with Crippen LogP contribution in [0.5, 0.6) is 0 Å². The Kier molecular flexibility index (Phi) is 5.10. The first-order chi connectivity index (χ1) is 11.6. The van der Waals surface area contributed by atoms with Gasteiger partial charge in [0.1, 0.15) is 5.82 Å². The molecule has 0 aliphatic rings. The fraction of sp³-hybridized carbons (Fsp3) is 0.118. The second-order valence-corrected chi connectivity index (χ2v) is 6.03. The molecule has 1 aromatic carbocycles. The molecule has 0 unspecified atom stereocenters. The van der Waals surface area contributed by atoms with Crippen LogP contribution in [0.3, 0.4) is 0 Å². The molecule has 3 rings (SSSR count). The van der Waals surface area contributed by atoms with Gasteiger partial charge in [0.2, 0.25) is 5.95 Å². The van der Waals surface area contributed by atoms with Gasteiger partial charge in [0.25, 0.3) is 0 Å². The van der Waals surface area contributed by atoms with Gasteiger partial charge in [-0.05, 0) is 24.3 Å². The van der Waals surface area contributed by atoms with Crippen LogP contribution in [-0.4, -0.2) is 15.0 Å². The largest absolute Gasteiger partial charge is 0.330 e. The summed E-state index contributed by atoms with van der Waals surface area (Å²) in [6.07, 6.45) is 3.86. The lowest BCUT2D eigenvalue weighted by Crippen LogP contribution is -2.25. The highest BCUT2D eigenvalue weighted by molar-refractivity contribution is 9.10. The topological polar surface area (TPSA) is 41.9 Å². The van der Waals surface area contributed by atoms with Crippen molar-refractivity contribution in [2.24, 2.45) is 0 Å². The Labute approximate surface area is 146 Å². The first-order valence-electron chi connectivity index (χ1n) is 7.18. The molecule has 0 bridgehead atoms. The molecule has 0 saturated heterocycles. The van der Waals surface area contributed by atoms with Crippen LogP contribution in [0.4, 0.5) is 14.7 Å². The Morgan fingerprint density at radius 1 is 0.958 bits per heavy atom. The van der Waals surface area contributed by atoms with Gasteiger partial charge in [0.15, 0.2) is 5.82 Å². The molecule has 0 atom stereocenters. The lowest BCUT2D eigenvalue weighted by atomic mass is 10.2. The highest BCUT2D eigenvalue weighted by Crippen LogP contribution is 2.20. The molecule has 4 nitrogen and oxygen atoms in total. The second-order valence-electron chi connectivity index (χ2n) is 5.11. The van der Waals surface area contributed by atoms with E-state index in [1.54, 1.807) is 23.2 Å². The molecule has 7 heteroatoms. The number of rotatable bonds is 5. The average molecular weight is 391 g/mol. The monoisotopic (exact) mass is 390 g/mol. The lowest BCUT2D eigenvalue weighted by Gasteiger charge is -2.22. The van der Waals surface area contributed by atoms with Gasteiger partial charge in [0.05, 0.1) is 24.6 Å². The number of hydrogen-bond acceptors (Lipinski definition) is 4. The van der Waals surface area contributed by atoms with E-state index in [0.29, 0.717) is 22.5 Å². The van der Waals surface area contributed by atoms with Crippen LogP contribution in [0, 0.1) is 11.6 Å². The number of hydrogen-bond donors (Lipinski definition) is 0. The van der Waals surface area contributed by atoms with E-state index in [2.05, 4.69) is 30.9 Å². The van der Waals surface area contributed by atoms with Crippen molar-refractivity contribution in [1.29, 1.82) is 0 Å². The van der Waals surface area contributed by atoms with E-state index in [1.807, 2.05) is 18.2 Å². The summed E-state index contributed by atoms with van der Waals surface area (Å²) < 4.78 is 27.9. The Balaban J connectivity index is 1.90. The molecule has 0 saturated carbocycles. The minimum absolute atomic E-state index is 0.237. The van der Waals surface area contributed by atoms with E-state index in [0.717, 1.165) is 18.1 Å². The van der Waals surface area contributed by atoms with Gasteiger partial charge >= 0.3 is 0 Å². The van der Waals surface area contributed by atoms with Gasteiger partial charge < -0.3 is 4.90 Å². The van der Waals surface area contributed by atoms with Crippen LogP contribution in [0.25, 0.3) is 0 Å². The highest BCUT2D eigenvalue weighted by Gasteiger charge is 2.14. The van der Waals surface area contributed by atoms with E-state index in [-0.39, 0.29) is 12.4 Å². The Morgan fingerprint density at radius 2 is 1.75 bits per heavy atom. The van der Waals surface area contributed by atoms with Gasteiger partial charge in [-0.1, -0.05) is 28.1 Å². The molecular formula is C17H13BrF2N4. The van der Waals surface area contributed by atoms with E-state index >= 15 is 0 Å². The van der Waals surface area contributed by atoms with Gasteiger partial charge in [0, 0.05) is 22.8 Å². The van der Waals surface area contributed by atoms with E-state index in [4.69, 9.17) is 0 Å². The van der Waals surface area contributed by atoms with Gasteiger partial charge in [-0.3, -0.25) is 4.98 Å². The predicted molar refractivity (Wildman–Crippen MR) is 90.2 cm³/mol. The van der Waals surface area contributed by atoms with Crippen molar-refractivity contribution in [3.63, 3.8) is 0 Å². The average Bonchev–Trinajstić information content (AvgIpc) is 2.58. The van der Waals surface area contributed by atoms with Crippen LogP contribution in [-0.2, 0) is 13.1 Å². The molecule has 0 radical (unpaired) electrons. The van der Waals surface area contributed by atoms with E-state index in [9.17, 15) is 8.78 Å². The normalized spacial score (nSPS) is 10.6. The van der Waals surface area contributed by atoms with Crippen LogP contribution in [0.2, 0.25) is 0 Å². The zero-order chi connectivity index (χ0) is 16.9. The third-order valence-electron chi connectivity index (χ3n) is 3.34. The summed E-state index contributed by atoms with van der Waals surface area (Å²) >= 11 is 3.24. The molecule has 24 heavy (non-hydrogen) atoms. The molecule has 0 fully saturated rings. The minimum atomic E-state index is -0.522. The molecule has 2 aromatic heterocycles. The fourth-order valence-electron chi connectivity index (χ4n) is 2.21. The first-order valence-corrected chi connectivity index (χ1v) is 7.97. The maximum Gasteiger partial charge on any atom is 0.226 e. The summed E-state index contributed by atoms with van der Waals surface area (Å²) in [4.78, 5) is 14.0. The number of halogens is 3. The summed E-state index contributed by atoms with van der Waals surface area (Å²) in [6, 6.07) is 10.4. The SMILES string of the molecule is Fc1cnc(N(Cc2ccccn2)Cc2ccc(Br)cc2F)nc1. The predicted octanol–water partition coefficient (Wildman–Crippen LogP) is 4.12. The maximum atomic E-state index is 14.2. The number of anilines is 1. The Bertz CT molecular complexity index is 813. The molecule has 0 N–H and O–H groups in total. The quantitative estimate of drug-likeness (QED) is 0.656. The number of pyridine rings is 1. The summed E-state index contributed by atoms with van der Waals surface area (Å²) in [5, 5.41) is 0. The van der Waals surface area contributed by atoms with Gasteiger partial charge in [-0.15, -0.1) is 0 Å². The van der Waals surface area contributed by atoms with Gasteiger partial charge in [-0.2, -0.15) is 0 Å². The summed E-state index contributed by atoms with van der Waals surface area (Å²) in [6.45, 7) is 0.614. The maximum absolute atomic E-state index is 14.2. The lowest BCUT2D eigenvalue weighted by molar-refractivity contribution is 0.595.